The highest BCUT2D eigenvalue weighted by molar-refractivity contribution is 4.92. The van der Waals surface area contributed by atoms with Crippen LogP contribution in [0.15, 0.2) is 12.7 Å². The van der Waals surface area contributed by atoms with Crippen LogP contribution in [0.1, 0.15) is 38.5 Å². The number of rotatable bonds is 2. The zero-order chi connectivity index (χ0) is 7.23. The molecule has 0 heteroatoms. The van der Waals surface area contributed by atoms with Gasteiger partial charge in [0, 0.05) is 0 Å². The monoisotopic (exact) mass is 137 g/mol. The van der Waals surface area contributed by atoms with Crippen LogP contribution in [0.5, 0.6) is 0 Å². The summed E-state index contributed by atoms with van der Waals surface area (Å²) in [6.45, 7) is 3.73. The Kier molecular flexibility index (Phi) is 3.56. The van der Waals surface area contributed by atoms with Gasteiger partial charge in [-0.1, -0.05) is 31.8 Å². The van der Waals surface area contributed by atoms with Crippen molar-refractivity contribution in [3.05, 3.63) is 19.1 Å². The van der Waals surface area contributed by atoms with Crippen molar-refractivity contribution in [1.29, 1.82) is 0 Å². The lowest BCUT2D eigenvalue weighted by atomic mass is 9.97. The summed E-state index contributed by atoms with van der Waals surface area (Å²) in [5.41, 5.74) is 0. The summed E-state index contributed by atoms with van der Waals surface area (Å²) < 4.78 is 0. The van der Waals surface area contributed by atoms with E-state index in [2.05, 4.69) is 13.0 Å². The molecule has 0 bridgehead atoms. The Morgan fingerprint density at radius 3 is 2.10 bits per heavy atom. The zero-order valence-corrected chi connectivity index (χ0v) is 6.68. The lowest BCUT2D eigenvalue weighted by Gasteiger charge is -2.08. The maximum absolute atomic E-state index is 3.73. The smallest absolute Gasteiger partial charge is 0.0142 e. The molecule has 1 aliphatic rings. The molecule has 0 aromatic carbocycles. The molecule has 0 atom stereocenters. The maximum Gasteiger partial charge on any atom is -0.0142 e. The Labute approximate surface area is 64.3 Å². The van der Waals surface area contributed by atoms with Gasteiger partial charge >= 0.3 is 0 Å². The van der Waals surface area contributed by atoms with E-state index in [9.17, 15) is 0 Å². The van der Waals surface area contributed by atoms with E-state index >= 15 is 0 Å². The molecule has 0 unspecified atom stereocenters. The minimum absolute atomic E-state index is 0.847. The average molecular weight is 137 g/mol. The second kappa shape index (κ2) is 4.54. The molecule has 1 rings (SSSR count). The quantitative estimate of drug-likeness (QED) is 0.512. The number of hydrogen-bond acceptors (Lipinski definition) is 0. The van der Waals surface area contributed by atoms with Gasteiger partial charge in [-0.3, -0.25) is 0 Å². The molecule has 0 N–H and O–H groups in total. The minimum atomic E-state index is 0.847. The highest BCUT2D eigenvalue weighted by Crippen LogP contribution is 2.24. The van der Waals surface area contributed by atoms with E-state index in [1.54, 1.807) is 0 Å². The van der Waals surface area contributed by atoms with Crippen LogP contribution in [-0.4, -0.2) is 0 Å². The van der Waals surface area contributed by atoms with E-state index in [1.165, 1.54) is 38.5 Å². The van der Waals surface area contributed by atoms with Crippen LogP contribution < -0.4 is 0 Å². The normalized spacial score (nSPS) is 22.0. The fraction of sp³-hybridized carbons (Fsp3) is 0.700. The van der Waals surface area contributed by atoms with Gasteiger partial charge in [0.1, 0.15) is 0 Å². The predicted octanol–water partition coefficient (Wildman–Crippen LogP) is 3.35. The summed E-state index contributed by atoms with van der Waals surface area (Å²) in [6, 6.07) is 0. The Morgan fingerprint density at radius 2 is 1.60 bits per heavy atom. The summed E-state index contributed by atoms with van der Waals surface area (Å²) in [5.74, 6) is 0.847. The van der Waals surface area contributed by atoms with Crippen LogP contribution in [-0.2, 0) is 0 Å². The van der Waals surface area contributed by atoms with Crippen molar-refractivity contribution in [2.75, 3.05) is 0 Å². The molecule has 1 aliphatic carbocycles. The summed E-state index contributed by atoms with van der Waals surface area (Å²) in [5, 5.41) is 0. The summed E-state index contributed by atoms with van der Waals surface area (Å²) >= 11 is 0. The molecule has 0 aromatic heterocycles. The Hall–Kier alpha value is -0.260. The topological polar surface area (TPSA) is 0 Å². The Morgan fingerprint density at radius 1 is 1.00 bits per heavy atom. The molecule has 1 radical (unpaired) electrons. The minimum Gasteiger partial charge on any atom is -0.103 e. The van der Waals surface area contributed by atoms with E-state index in [1.807, 2.05) is 6.08 Å². The third-order valence-corrected chi connectivity index (χ3v) is 2.31. The van der Waals surface area contributed by atoms with Crippen LogP contribution in [0, 0.1) is 12.3 Å². The first-order valence-corrected chi connectivity index (χ1v) is 4.39. The van der Waals surface area contributed by atoms with E-state index in [-0.39, 0.29) is 0 Å². The van der Waals surface area contributed by atoms with Crippen molar-refractivity contribution in [1.82, 2.24) is 0 Å². The molecule has 1 saturated carbocycles. The molecule has 0 spiro atoms. The standard InChI is InChI=1S/C10H17/c1-2-7-10-8-5-3-4-6-9-10/h2,7,10H,1,3-6,8-9H2. The summed E-state index contributed by atoms with van der Waals surface area (Å²) in [6.07, 6.45) is 12.8. The molecule has 0 aromatic rings. The third kappa shape index (κ3) is 2.55. The second-order valence-electron chi connectivity index (χ2n) is 3.18. The predicted molar refractivity (Wildman–Crippen MR) is 45.7 cm³/mol. The average Bonchev–Trinajstić information content (AvgIpc) is 2.17. The van der Waals surface area contributed by atoms with Crippen molar-refractivity contribution in [3.63, 3.8) is 0 Å². The Bertz CT molecular complexity index is 86.2. The second-order valence-corrected chi connectivity index (χ2v) is 3.18. The SMILES string of the molecule is C=C[CH]C1CCCCCC1. The van der Waals surface area contributed by atoms with Crippen molar-refractivity contribution < 1.29 is 0 Å². The van der Waals surface area contributed by atoms with Gasteiger partial charge in [-0.15, -0.1) is 6.58 Å². The van der Waals surface area contributed by atoms with Gasteiger partial charge in [0.05, 0.1) is 0 Å². The first kappa shape index (κ1) is 7.84. The number of allylic oxidation sites excluding steroid dienone is 1. The lowest BCUT2D eigenvalue weighted by molar-refractivity contribution is 0.535. The van der Waals surface area contributed by atoms with E-state index in [4.69, 9.17) is 0 Å². The van der Waals surface area contributed by atoms with Gasteiger partial charge in [0.2, 0.25) is 0 Å². The maximum atomic E-state index is 3.73. The lowest BCUT2D eigenvalue weighted by Crippen LogP contribution is -1.96. The van der Waals surface area contributed by atoms with Crippen molar-refractivity contribution >= 4 is 0 Å². The van der Waals surface area contributed by atoms with Crippen LogP contribution in [0.4, 0.5) is 0 Å². The molecule has 0 saturated heterocycles. The number of hydrogen-bond donors (Lipinski definition) is 0. The first-order chi connectivity index (χ1) is 4.93. The van der Waals surface area contributed by atoms with Gasteiger partial charge in [-0.05, 0) is 25.2 Å². The molecule has 0 heterocycles. The molecule has 1 fully saturated rings. The highest BCUT2D eigenvalue weighted by atomic mass is 14.1. The van der Waals surface area contributed by atoms with Gasteiger partial charge in [0.15, 0.2) is 0 Å². The van der Waals surface area contributed by atoms with Crippen molar-refractivity contribution in [2.24, 2.45) is 5.92 Å². The van der Waals surface area contributed by atoms with E-state index in [0.29, 0.717) is 0 Å². The van der Waals surface area contributed by atoms with Gasteiger partial charge in [0.25, 0.3) is 0 Å². The molecular weight excluding hydrogens is 120 g/mol. The van der Waals surface area contributed by atoms with Gasteiger partial charge < -0.3 is 0 Å². The molecular formula is C10H17. The summed E-state index contributed by atoms with van der Waals surface area (Å²) in [4.78, 5) is 0. The zero-order valence-electron chi connectivity index (χ0n) is 6.68. The van der Waals surface area contributed by atoms with Crippen molar-refractivity contribution in [2.45, 2.75) is 38.5 Å². The molecule has 0 amide bonds. The summed E-state index contributed by atoms with van der Waals surface area (Å²) in [7, 11) is 0. The molecule has 0 aliphatic heterocycles. The fourth-order valence-corrected chi connectivity index (χ4v) is 1.70. The largest absolute Gasteiger partial charge is 0.103 e. The van der Waals surface area contributed by atoms with Crippen LogP contribution >= 0.6 is 0 Å². The van der Waals surface area contributed by atoms with E-state index in [0.717, 1.165) is 5.92 Å². The van der Waals surface area contributed by atoms with Crippen molar-refractivity contribution in [3.8, 4) is 0 Å². The third-order valence-electron chi connectivity index (χ3n) is 2.31. The van der Waals surface area contributed by atoms with Gasteiger partial charge in [-0.25, -0.2) is 0 Å². The fourth-order valence-electron chi connectivity index (χ4n) is 1.70. The molecule has 57 valence electrons. The first-order valence-electron chi connectivity index (χ1n) is 4.39. The Balaban J connectivity index is 2.21. The van der Waals surface area contributed by atoms with Crippen LogP contribution in [0.2, 0.25) is 0 Å². The van der Waals surface area contributed by atoms with Crippen LogP contribution in [0.3, 0.4) is 0 Å². The van der Waals surface area contributed by atoms with Crippen LogP contribution in [0.25, 0.3) is 0 Å². The van der Waals surface area contributed by atoms with Gasteiger partial charge in [-0.2, -0.15) is 0 Å². The molecule has 10 heavy (non-hydrogen) atoms. The van der Waals surface area contributed by atoms with E-state index < -0.39 is 0 Å². The highest BCUT2D eigenvalue weighted by Gasteiger charge is 2.09. The molecule has 0 nitrogen and oxygen atoms in total.